The summed E-state index contributed by atoms with van der Waals surface area (Å²) in [7, 11) is 0. The molecule has 4 saturated carbocycles. The molecule has 0 heterocycles. The highest BCUT2D eigenvalue weighted by Crippen LogP contribution is 2.53. The minimum Gasteiger partial charge on any atom is -0.349 e. The van der Waals surface area contributed by atoms with Gasteiger partial charge in [0.2, 0.25) is 5.91 Å². The first kappa shape index (κ1) is 15.9. The van der Waals surface area contributed by atoms with E-state index >= 15 is 0 Å². The van der Waals surface area contributed by atoms with Crippen molar-refractivity contribution in [2.75, 3.05) is 0 Å². The zero-order chi connectivity index (χ0) is 16.7. The lowest BCUT2D eigenvalue weighted by molar-refractivity contribution is -0.120. The Morgan fingerprint density at radius 2 is 1.58 bits per heavy atom. The Hall–Kier alpha value is -1.57. The van der Waals surface area contributed by atoms with Gasteiger partial charge in [-0.25, -0.2) is 0 Å². The highest BCUT2D eigenvalue weighted by molar-refractivity contribution is 5.92. The summed E-state index contributed by atoms with van der Waals surface area (Å²) in [6.45, 7) is 4.40. The van der Waals surface area contributed by atoms with Gasteiger partial charge in [0.25, 0.3) is 0 Å². The Kier molecular flexibility index (Phi) is 4.24. The SMILES string of the molecule is CC(C)c1ccc(/C=C/C(=O)NC2C3CC4CC(C3)CC2C4)cc1. The van der Waals surface area contributed by atoms with Gasteiger partial charge < -0.3 is 5.32 Å². The van der Waals surface area contributed by atoms with Crippen molar-refractivity contribution in [3.63, 3.8) is 0 Å². The van der Waals surface area contributed by atoms with E-state index in [0.717, 1.165) is 29.2 Å². The number of carbonyl (C=O) groups excluding carboxylic acids is 1. The van der Waals surface area contributed by atoms with Crippen LogP contribution < -0.4 is 5.32 Å². The molecule has 4 aliphatic rings. The molecule has 0 radical (unpaired) electrons. The molecule has 0 saturated heterocycles. The van der Waals surface area contributed by atoms with Gasteiger partial charge in [-0.2, -0.15) is 0 Å². The highest BCUT2D eigenvalue weighted by Gasteiger charge is 2.48. The Bertz CT molecular complexity index is 600. The van der Waals surface area contributed by atoms with Crippen molar-refractivity contribution in [1.82, 2.24) is 5.32 Å². The van der Waals surface area contributed by atoms with Crippen LogP contribution in [-0.4, -0.2) is 11.9 Å². The largest absolute Gasteiger partial charge is 0.349 e. The first-order chi connectivity index (χ1) is 11.6. The zero-order valence-electron chi connectivity index (χ0n) is 14.9. The maximum absolute atomic E-state index is 12.4. The zero-order valence-corrected chi connectivity index (χ0v) is 14.9. The quantitative estimate of drug-likeness (QED) is 0.795. The molecule has 5 rings (SSSR count). The molecule has 1 aromatic carbocycles. The summed E-state index contributed by atoms with van der Waals surface area (Å²) < 4.78 is 0. The molecule has 1 N–H and O–H groups in total. The van der Waals surface area contributed by atoms with E-state index in [2.05, 4.69) is 43.4 Å². The van der Waals surface area contributed by atoms with Crippen molar-refractivity contribution in [2.45, 2.75) is 57.9 Å². The molecule has 0 aromatic heterocycles. The lowest BCUT2D eigenvalue weighted by Crippen LogP contribution is -2.55. The molecule has 4 fully saturated rings. The van der Waals surface area contributed by atoms with Gasteiger partial charge in [0, 0.05) is 12.1 Å². The van der Waals surface area contributed by atoms with E-state index in [1.54, 1.807) is 6.08 Å². The Morgan fingerprint density at radius 1 is 1.00 bits per heavy atom. The van der Waals surface area contributed by atoms with E-state index in [9.17, 15) is 4.79 Å². The predicted molar refractivity (Wildman–Crippen MR) is 98.5 cm³/mol. The summed E-state index contributed by atoms with van der Waals surface area (Å²) >= 11 is 0. The van der Waals surface area contributed by atoms with Gasteiger partial charge in [0.1, 0.15) is 0 Å². The minimum atomic E-state index is 0.0837. The second-order valence-electron chi connectivity index (χ2n) is 8.62. The Balaban J connectivity index is 1.36. The van der Waals surface area contributed by atoms with E-state index in [1.807, 2.05) is 6.08 Å². The molecule has 0 spiro atoms. The van der Waals surface area contributed by atoms with Gasteiger partial charge in [-0.1, -0.05) is 38.1 Å². The molecule has 0 unspecified atom stereocenters. The van der Waals surface area contributed by atoms with Crippen molar-refractivity contribution in [1.29, 1.82) is 0 Å². The van der Waals surface area contributed by atoms with Gasteiger partial charge in [-0.15, -0.1) is 0 Å². The number of carbonyl (C=O) groups is 1. The number of benzene rings is 1. The fraction of sp³-hybridized carbons (Fsp3) is 0.591. The average Bonchev–Trinajstić information content (AvgIpc) is 2.56. The van der Waals surface area contributed by atoms with Crippen molar-refractivity contribution in [3.8, 4) is 0 Å². The van der Waals surface area contributed by atoms with Gasteiger partial charge in [-0.3, -0.25) is 4.79 Å². The summed E-state index contributed by atoms with van der Waals surface area (Å²) in [5, 5.41) is 3.34. The second-order valence-corrected chi connectivity index (χ2v) is 8.62. The fourth-order valence-corrected chi connectivity index (χ4v) is 5.54. The lowest BCUT2D eigenvalue weighted by Gasteiger charge is -2.54. The first-order valence-electron chi connectivity index (χ1n) is 9.67. The highest BCUT2D eigenvalue weighted by atomic mass is 16.1. The number of hydrogen-bond acceptors (Lipinski definition) is 1. The van der Waals surface area contributed by atoms with Crippen LogP contribution in [0, 0.1) is 23.7 Å². The van der Waals surface area contributed by atoms with Crippen LogP contribution >= 0.6 is 0 Å². The molecule has 4 bridgehead atoms. The van der Waals surface area contributed by atoms with E-state index < -0.39 is 0 Å². The molecule has 1 aromatic rings. The molecule has 0 aliphatic heterocycles. The topological polar surface area (TPSA) is 29.1 Å². The van der Waals surface area contributed by atoms with Crippen molar-refractivity contribution >= 4 is 12.0 Å². The number of hydrogen-bond donors (Lipinski definition) is 1. The molecule has 4 aliphatic carbocycles. The average molecular weight is 323 g/mol. The Labute approximate surface area is 145 Å². The van der Waals surface area contributed by atoms with Crippen LogP contribution in [-0.2, 0) is 4.79 Å². The van der Waals surface area contributed by atoms with Crippen molar-refractivity contribution in [3.05, 3.63) is 41.5 Å². The predicted octanol–water partition coefficient (Wildman–Crippen LogP) is 4.76. The molecule has 24 heavy (non-hydrogen) atoms. The van der Waals surface area contributed by atoms with Crippen LogP contribution in [0.3, 0.4) is 0 Å². The van der Waals surface area contributed by atoms with E-state index in [4.69, 9.17) is 0 Å². The summed E-state index contributed by atoms with van der Waals surface area (Å²) in [5.74, 6) is 4.02. The standard InChI is InChI=1S/C22H29NO/c1-14(2)18-6-3-15(4-7-18)5-8-21(24)23-22-19-10-16-9-17(12-19)13-20(22)11-16/h3-8,14,16-17,19-20,22H,9-13H2,1-2H3,(H,23,24)/b8-5+. The van der Waals surface area contributed by atoms with Crippen LogP contribution in [0.15, 0.2) is 30.3 Å². The van der Waals surface area contributed by atoms with Gasteiger partial charge in [0.05, 0.1) is 0 Å². The summed E-state index contributed by atoms with van der Waals surface area (Å²) in [5.41, 5.74) is 2.44. The third kappa shape index (κ3) is 3.16. The van der Waals surface area contributed by atoms with E-state index in [1.165, 1.54) is 37.7 Å². The van der Waals surface area contributed by atoms with Crippen molar-refractivity contribution < 1.29 is 4.79 Å². The lowest BCUT2D eigenvalue weighted by atomic mass is 9.54. The van der Waals surface area contributed by atoms with Crippen LogP contribution in [0.2, 0.25) is 0 Å². The monoisotopic (exact) mass is 323 g/mol. The smallest absolute Gasteiger partial charge is 0.244 e. The number of rotatable bonds is 4. The minimum absolute atomic E-state index is 0.0837. The van der Waals surface area contributed by atoms with Crippen LogP contribution in [0.5, 0.6) is 0 Å². The Morgan fingerprint density at radius 3 is 2.12 bits per heavy atom. The fourth-order valence-electron chi connectivity index (χ4n) is 5.54. The van der Waals surface area contributed by atoms with E-state index in [-0.39, 0.29) is 5.91 Å². The van der Waals surface area contributed by atoms with Crippen molar-refractivity contribution in [2.24, 2.45) is 23.7 Å². The van der Waals surface area contributed by atoms with E-state index in [0.29, 0.717) is 12.0 Å². The molecule has 1 amide bonds. The maximum Gasteiger partial charge on any atom is 0.244 e. The maximum atomic E-state index is 12.4. The normalized spacial score (nSPS) is 34.2. The number of nitrogens with one attached hydrogen (secondary N) is 1. The third-order valence-electron chi connectivity index (χ3n) is 6.57. The first-order valence-corrected chi connectivity index (χ1v) is 9.67. The van der Waals surface area contributed by atoms with Crippen LogP contribution in [0.1, 0.15) is 63.0 Å². The van der Waals surface area contributed by atoms with Crippen LogP contribution in [0.25, 0.3) is 6.08 Å². The van der Waals surface area contributed by atoms with Gasteiger partial charge in [-0.05, 0) is 78.9 Å². The van der Waals surface area contributed by atoms with Gasteiger partial charge >= 0.3 is 0 Å². The van der Waals surface area contributed by atoms with Crippen LogP contribution in [0.4, 0.5) is 0 Å². The summed E-state index contributed by atoms with van der Waals surface area (Å²) in [6, 6.07) is 8.93. The summed E-state index contributed by atoms with van der Waals surface area (Å²) in [4.78, 5) is 12.4. The summed E-state index contributed by atoms with van der Waals surface area (Å²) in [6.07, 6.45) is 10.5. The van der Waals surface area contributed by atoms with Gasteiger partial charge in [0.15, 0.2) is 0 Å². The second kappa shape index (κ2) is 6.38. The molecule has 2 nitrogen and oxygen atoms in total. The molecule has 2 heteroatoms. The molecule has 128 valence electrons. The number of amides is 1. The molecular weight excluding hydrogens is 294 g/mol. The molecule has 0 atom stereocenters. The molecular formula is C22H29NO. The third-order valence-corrected chi connectivity index (χ3v) is 6.57.